The molecular weight excluding hydrogens is 314 g/mol. The Labute approximate surface area is 143 Å². The van der Waals surface area contributed by atoms with Crippen molar-refractivity contribution in [2.75, 3.05) is 0 Å². The van der Waals surface area contributed by atoms with Crippen LogP contribution in [0, 0.1) is 11.8 Å². The Kier molecular flexibility index (Phi) is 9.53. The number of hydrogen-bond donors (Lipinski definition) is 5. The molecule has 0 saturated carbocycles. The number of amides is 2. The van der Waals surface area contributed by atoms with Crippen LogP contribution < -0.4 is 16.4 Å². The molecule has 0 radical (unpaired) electrons. The fourth-order valence-electron chi connectivity index (χ4n) is 2.12. The third-order valence-electron chi connectivity index (χ3n) is 3.94. The Morgan fingerprint density at radius 1 is 1.04 bits per heavy atom. The smallest absolute Gasteiger partial charge is 0.326 e. The van der Waals surface area contributed by atoms with Gasteiger partial charge in [0, 0.05) is 0 Å². The third kappa shape index (κ3) is 7.27. The summed E-state index contributed by atoms with van der Waals surface area (Å²) in [5.74, 6) is -2.47. The number of carboxylic acids is 1. The fourth-order valence-corrected chi connectivity index (χ4v) is 2.12. The Balaban J connectivity index is 5.13. The maximum absolute atomic E-state index is 12.5. The second-order valence-electron chi connectivity index (χ2n) is 6.67. The molecule has 8 heteroatoms. The van der Waals surface area contributed by atoms with Gasteiger partial charge in [0.15, 0.2) is 0 Å². The summed E-state index contributed by atoms with van der Waals surface area (Å²) < 4.78 is 0. The zero-order valence-electron chi connectivity index (χ0n) is 15.1. The SMILES string of the molecule is CCC(C)C(NC(=O)C(N)C(C)O)C(=O)NC(CC(C)C)C(=O)O. The van der Waals surface area contributed by atoms with Gasteiger partial charge in [-0.1, -0.05) is 34.1 Å². The van der Waals surface area contributed by atoms with Crippen molar-refractivity contribution >= 4 is 17.8 Å². The number of nitrogens with two attached hydrogens (primary N) is 1. The van der Waals surface area contributed by atoms with E-state index in [0.717, 1.165) is 0 Å². The molecule has 0 aromatic carbocycles. The number of carbonyl (C=O) groups excluding carboxylic acids is 2. The number of aliphatic carboxylic acids is 1. The summed E-state index contributed by atoms with van der Waals surface area (Å²) >= 11 is 0. The predicted octanol–water partition coefficient (Wildman–Crippen LogP) is -0.159. The molecule has 0 aromatic heterocycles. The van der Waals surface area contributed by atoms with Crippen molar-refractivity contribution in [1.29, 1.82) is 0 Å². The summed E-state index contributed by atoms with van der Waals surface area (Å²) in [5.41, 5.74) is 5.58. The van der Waals surface area contributed by atoms with E-state index in [1.807, 2.05) is 20.8 Å². The molecule has 0 rings (SSSR count). The molecule has 140 valence electrons. The molecule has 8 nitrogen and oxygen atoms in total. The zero-order chi connectivity index (χ0) is 19.0. The molecule has 2 amide bonds. The molecule has 0 bridgehead atoms. The van der Waals surface area contributed by atoms with Gasteiger partial charge in [0.2, 0.25) is 11.8 Å². The van der Waals surface area contributed by atoms with Crippen LogP contribution in [-0.2, 0) is 14.4 Å². The summed E-state index contributed by atoms with van der Waals surface area (Å²) in [6, 6.07) is -3.09. The minimum Gasteiger partial charge on any atom is -0.480 e. The second kappa shape index (κ2) is 10.2. The first-order valence-electron chi connectivity index (χ1n) is 8.28. The van der Waals surface area contributed by atoms with Crippen LogP contribution in [0.2, 0.25) is 0 Å². The first-order chi connectivity index (χ1) is 11.0. The summed E-state index contributed by atoms with van der Waals surface area (Å²) in [5, 5.41) is 23.6. The zero-order valence-corrected chi connectivity index (χ0v) is 15.1. The molecule has 0 spiro atoms. The Morgan fingerprint density at radius 3 is 1.96 bits per heavy atom. The van der Waals surface area contributed by atoms with E-state index in [-0.39, 0.29) is 18.3 Å². The summed E-state index contributed by atoms with van der Waals surface area (Å²) in [6.45, 7) is 8.73. The van der Waals surface area contributed by atoms with Gasteiger partial charge in [0.1, 0.15) is 18.1 Å². The van der Waals surface area contributed by atoms with Gasteiger partial charge in [-0.3, -0.25) is 9.59 Å². The number of carboxylic acid groups (broad SMARTS) is 1. The van der Waals surface area contributed by atoms with Gasteiger partial charge in [-0.25, -0.2) is 4.79 Å². The van der Waals surface area contributed by atoms with E-state index in [2.05, 4.69) is 10.6 Å². The lowest BCUT2D eigenvalue weighted by Crippen LogP contribution is -2.58. The first-order valence-corrected chi connectivity index (χ1v) is 8.28. The second-order valence-corrected chi connectivity index (χ2v) is 6.67. The van der Waals surface area contributed by atoms with Gasteiger partial charge in [-0.2, -0.15) is 0 Å². The van der Waals surface area contributed by atoms with Crippen LogP contribution in [0.5, 0.6) is 0 Å². The van der Waals surface area contributed by atoms with E-state index in [9.17, 15) is 24.6 Å². The Morgan fingerprint density at radius 2 is 1.58 bits per heavy atom. The molecule has 24 heavy (non-hydrogen) atoms. The van der Waals surface area contributed by atoms with E-state index in [0.29, 0.717) is 6.42 Å². The van der Waals surface area contributed by atoms with Crippen LogP contribution in [0.15, 0.2) is 0 Å². The van der Waals surface area contributed by atoms with E-state index in [1.54, 1.807) is 6.92 Å². The number of rotatable bonds is 10. The van der Waals surface area contributed by atoms with Crippen LogP contribution in [-0.4, -0.2) is 52.2 Å². The molecule has 0 heterocycles. The molecule has 0 aliphatic heterocycles. The van der Waals surface area contributed by atoms with Crippen molar-refractivity contribution in [3.8, 4) is 0 Å². The summed E-state index contributed by atoms with van der Waals surface area (Å²) in [4.78, 5) is 35.8. The fraction of sp³-hybridized carbons (Fsp3) is 0.812. The van der Waals surface area contributed by atoms with Crippen LogP contribution in [0.25, 0.3) is 0 Å². The van der Waals surface area contributed by atoms with E-state index < -0.39 is 42.0 Å². The van der Waals surface area contributed by atoms with Crippen LogP contribution in [0.4, 0.5) is 0 Å². The largest absolute Gasteiger partial charge is 0.480 e. The number of aliphatic hydroxyl groups is 1. The van der Waals surface area contributed by atoms with Gasteiger partial charge < -0.3 is 26.6 Å². The minimum atomic E-state index is -1.16. The molecular formula is C16H31N3O5. The lowest BCUT2D eigenvalue weighted by Gasteiger charge is -2.27. The molecule has 5 atom stereocenters. The van der Waals surface area contributed by atoms with Gasteiger partial charge in [0.25, 0.3) is 0 Å². The highest BCUT2D eigenvalue weighted by atomic mass is 16.4. The molecule has 0 aromatic rings. The van der Waals surface area contributed by atoms with Crippen molar-refractivity contribution in [3.05, 3.63) is 0 Å². The van der Waals surface area contributed by atoms with Crippen LogP contribution in [0.3, 0.4) is 0 Å². The summed E-state index contributed by atoms with van der Waals surface area (Å²) in [7, 11) is 0. The molecule has 0 aliphatic rings. The van der Waals surface area contributed by atoms with E-state index >= 15 is 0 Å². The van der Waals surface area contributed by atoms with Gasteiger partial charge >= 0.3 is 5.97 Å². The van der Waals surface area contributed by atoms with Crippen LogP contribution >= 0.6 is 0 Å². The highest BCUT2D eigenvalue weighted by Gasteiger charge is 2.31. The minimum absolute atomic E-state index is 0.0895. The normalized spacial score (nSPS) is 17.5. The third-order valence-corrected chi connectivity index (χ3v) is 3.94. The number of carbonyl (C=O) groups is 3. The topological polar surface area (TPSA) is 142 Å². The molecule has 0 saturated heterocycles. The molecule has 6 N–H and O–H groups in total. The lowest BCUT2D eigenvalue weighted by molar-refractivity contribution is -0.143. The van der Waals surface area contributed by atoms with Crippen molar-refractivity contribution < 1.29 is 24.6 Å². The number of hydrogen-bond acceptors (Lipinski definition) is 5. The standard InChI is InChI=1S/C16H31N3O5/c1-6-9(4)13(19-14(21)12(17)10(5)20)15(22)18-11(16(23)24)7-8(2)3/h8-13,20H,6-7,17H2,1-5H3,(H,18,22)(H,19,21)(H,23,24). The predicted molar refractivity (Wildman–Crippen MR) is 90.1 cm³/mol. The maximum Gasteiger partial charge on any atom is 0.326 e. The highest BCUT2D eigenvalue weighted by Crippen LogP contribution is 2.11. The molecule has 0 aliphatic carbocycles. The van der Waals surface area contributed by atoms with E-state index in [4.69, 9.17) is 5.73 Å². The van der Waals surface area contributed by atoms with Crippen molar-refractivity contribution in [1.82, 2.24) is 10.6 Å². The summed E-state index contributed by atoms with van der Waals surface area (Å²) in [6.07, 6.45) is -0.169. The maximum atomic E-state index is 12.5. The molecule has 5 unspecified atom stereocenters. The number of aliphatic hydroxyl groups excluding tert-OH is 1. The average molecular weight is 345 g/mol. The average Bonchev–Trinajstić information content (AvgIpc) is 2.49. The lowest BCUT2D eigenvalue weighted by atomic mass is 9.96. The van der Waals surface area contributed by atoms with Gasteiger partial charge in [-0.15, -0.1) is 0 Å². The van der Waals surface area contributed by atoms with Crippen LogP contribution in [0.1, 0.15) is 47.5 Å². The molecule has 0 fully saturated rings. The van der Waals surface area contributed by atoms with Crippen molar-refractivity contribution in [2.45, 2.75) is 71.7 Å². The monoisotopic (exact) mass is 345 g/mol. The van der Waals surface area contributed by atoms with Crippen molar-refractivity contribution in [3.63, 3.8) is 0 Å². The van der Waals surface area contributed by atoms with E-state index in [1.165, 1.54) is 6.92 Å². The van der Waals surface area contributed by atoms with Crippen molar-refractivity contribution in [2.24, 2.45) is 17.6 Å². The van der Waals surface area contributed by atoms with Gasteiger partial charge in [0.05, 0.1) is 6.10 Å². The highest BCUT2D eigenvalue weighted by molar-refractivity contribution is 5.92. The quantitative estimate of drug-likeness (QED) is 0.372. The first kappa shape index (κ1) is 22.3. The number of nitrogens with one attached hydrogen (secondary N) is 2. The Bertz CT molecular complexity index is 439. The van der Waals surface area contributed by atoms with Gasteiger partial charge in [-0.05, 0) is 25.2 Å². The Hall–Kier alpha value is -1.67.